The number of hydrogen-bond acceptors (Lipinski definition) is 6. The molecule has 33 heavy (non-hydrogen) atoms. The summed E-state index contributed by atoms with van der Waals surface area (Å²) in [6, 6.07) is 11.2. The van der Waals surface area contributed by atoms with Crippen LogP contribution in [-0.4, -0.2) is 69.6 Å². The molecule has 4 rings (SSSR count). The van der Waals surface area contributed by atoms with Crippen LogP contribution in [0.25, 0.3) is 0 Å². The fourth-order valence-electron chi connectivity index (χ4n) is 3.72. The standard InChI is InChI=1S/C22H23ClN4O5S/c23-19-13-17(14-20-21(19)32-12-11-31-20)5-6-25-22(28)26-7-9-27(10-8-26)33(29,30)18-3-1-16(15-24)2-4-18/h1-4,13-14H,5-12H2,(H,25,28). The van der Waals surface area contributed by atoms with Crippen molar-refractivity contribution in [3.63, 3.8) is 0 Å². The zero-order valence-electron chi connectivity index (χ0n) is 17.8. The summed E-state index contributed by atoms with van der Waals surface area (Å²) in [6.07, 6.45) is 0.565. The molecule has 11 heteroatoms. The molecule has 1 N–H and O–H groups in total. The van der Waals surface area contributed by atoms with E-state index in [0.717, 1.165) is 5.56 Å². The highest BCUT2D eigenvalue weighted by Gasteiger charge is 2.30. The van der Waals surface area contributed by atoms with Crippen LogP contribution in [0.1, 0.15) is 11.1 Å². The van der Waals surface area contributed by atoms with Crippen LogP contribution in [0.5, 0.6) is 11.5 Å². The molecule has 0 aliphatic carbocycles. The lowest BCUT2D eigenvalue weighted by Crippen LogP contribution is -2.53. The van der Waals surface area contributed by atoms with Crippen molar-refractivity contribution in [2.45, 2.75) is 11.3 Å². The third-order valence-corrected chi connectivity index (χ3v) is 7.69. The average Bonchev–Trinajstić information content (AvgIpc) is 2.84. The fourth-order valence-corrected chi connectivity index (χ4v) is 5.43. The summed E-state index contributed by atoms with van der Waals surface area (Å²) in [7, 11) is -3.67. The molecule has 1 saturated heterocycles. The van der Waals surface area contributed by atoms with Gasteiger partial charge in [-0.3, -0.25) is 0 Å². The van der Waals surface area contributed by atoms with Crippen molar-refractivity contribution in [1.82, 2.24) is 14.5 Å². The maximum atomic E-state index is 12.8. The Morgan fingerprint density at radius 1 is 1.09 bits per heavy atom. The smallest absolute Gasteiger partial charge is 0.317 e. The summed E-state index contributed by atoms with van der Waals surface area (Å²) < 4.78 is 38.1. The Labute approximate surface area is 197 Å². The van der Waals surface area contributed by atoms with E-state index in [0.29, 0.717) is 48.3 Å². The lowest BCUT2D eigenvalue weighted by atomic mass is 10.1. The number of nitrogens with one attached hydrogen (secondary N) is 1. The number of piperazine rings is 1. The predicted molar refractivity (Wildman–Crippen MR) is 121 cm³/mol. The Hall–Kier alpha value is -3.00. The zero-order valence-corrected chi connectivity index (χ0v) is 19.4. The minimum absolute atomic E-state index is 0.137. The van der Waals surface area contributed by atoms with Gasteiger partial charge < -0.3 is 19.7 Å². The molecular weight excluding hydrogens is 468 g/mol. The summed E-state index contributed by atoms with van der Waals surface area (Å²) in [5, 5.41) is 12.2. The van der Waals surface area contributed by atoms with Gasteiger partial charge in [-0.2, -0.15) is 9.57 Å². The molecule has 2 heterocycles. The molecule has 2 amide bonds. The van der Waals surface area contributed by atoms with Crippen LogP contribution in [0.4, 0.5) is 4.79 Å². The molecule has 174 valence electrons. The number of nitrogens with zero attached hydrogens (tertiary/aromatic N) is 3. The van der Waals surface area contributed by atoms with Crippen LogP contribution in [0.3, 0.4) is 0 Å². The largest absolute Gasteiger partial charge is 0.486 e. The molecule has 0 bridgehead atoms. The summed E-state index contributed by atoms with van der Waals surface area (Å²) in [4.78, 5) is 14.3. The maximum absolute atomic E-state index is 12.8. The van der Waals surface area contributed by atoms with Gasteiger partial charge in [0.15, 0.2) is 11.5 Å². The van der Waals surface area contributed by atoms with Crippen LogP contribution in [-0.2, 0) is 16.4 Å². The number of carbonyl (C=O) groups is 1. The molecule has 0 aromatic heterocycles. The molecule has 0 spiro atoms. The van der Waals surface area contributed by atoms with E-state index in [4.69, 9.17) is 26.3 Å². The third kappa shape index (κ3) is 5.16. The molecule has 0 saturated carbocycles. The van der Waals surface area contributed by atoms with Gasteiger partial charge in [-0.05, 0) is 48.4 Å². The van der Waals surface area contributed by atoms with Gasteiger partial charge >= 0.3 is 6.03 Å². The number of hydrogen-bond donors (Lipinski definition) is 1. The Morgan fingerprint density at radius 2 is 1.79 bits per heavy atom. The minimum Gasteiger partial charge on any atom is -0.486 e. The first-order chi connectivity index (χ1) is 15.9. The van der Waals surface area contributed by atoms with Crippen LogP contribution in [0.15, 0.2) is 41.3 Å². The van der Waals surface area contributed by atoms with Crippen molar-refractivity contribution in [3.05, 3.63) is 52.5 Å². The van der Waals surface area contributed by atoms with Crippen molar-refractivity contribution in [1.29, 1.82) is 5.26 Å². The van der Waals surface area contributed by atoms with Gasteiger partial charge in [0, 0.05) is 32.7 Å². The minimum atomic E-state index is -3.67. The number of sulfonamides is 1. The van der Waals surface area contributed by atoms with Gasteiger partial charge in [-0.1, -0.05) is 11.6 Å². The molecule has 9 nitrogen and oxygen atoms in total. The van der Waals surface area contributed by atoms with Crippen LogP contribution in [0, 0.1) is 11.3 Å². The summed E-state index contributed by atoms with van der Waals surface area (Å²) in [5.41, 5.74) is 1.32. The predicted octanol–water partition coefficient (Wildman–Crippen LogP) is 2.24. The zero-order chi connectivity index (χ0) is 23.4. The highest BCUT2D eigenvalue weighted by molar-refractivity contribution is 7.89. The highest BCUT2D eigenvalue weighted by Crippen LogP contribution is 2.38. The van der Waals surface area contributed by atoms with Gasteiger partial charge in [-0.15, -0.1) is 0 Å². The first-order valence-electron chi connectivity index (χ1n) is 10.5. The Morgan fingerprint density at radius 3 is 2.48 bits per heavy atom. The average molecular weight is 491 g/mol. The normalized spacial score (nSPS) is 16.2. The number of fused-ring (bicyclic) bond motifs is 1. The number of halogens is 1. The maximum Gasteiger partial charge on any atom is 0.317 e. The molecule has 2 aromatic rings. The van der Waals surface area contributed by atoms with Crippen molar-refractivity contribution >= 4 is 27.7 Å². The van der Waals surface area contributed by atoms with Crippen molar-refractivity contribution < 1.29 is 22.7 Å². The van der Waals surface area contributed by atoms with Crippen LogP contribution >= 0.6 is 11.6 Å². The molecule has 0 unspecified atom stereocenters. The Balaban J connectivity index is 1.27. The van der Waals surface area contributed by atoms with Crippen molar-refractivity contribution in [2.24, 2.45) is 0 Å². The first kappa shape index (κ1) is 23.2. The molecule has 0 atom stereocenters. The number of carbonyl (C=O) groups excluding carboxylic acids is 1. The molecule has 0 radical (unpaired) electrons. The number of amides is 2. The van der Waals surface area contributed by atoms with Crippen molar-refractivity contribution in [3.8, 4) is 17.6 Å². The third-order valence-electron chi connectivity index (χ3n) is 5.49. The van der Waals surface area contributed by atoms with Gasteiger partial charge in [-0.25, -0.2) is 13.2 Å². The van der Waals surface area contributed by atoms with Gasteiger partial charge in [0.25, 0.3) is 0 Å². The number of urea groups is 1. The fraction of sp³-hybridized carbons (Fsp3) is 0.364. The number of nitriles is 1. The number of benzene rings is 2. The van der Waals surface area contributed by atoms with E-state index in [1.807, 2.05) is 12.1 Å². The summed E-state index contributed by atoms with van der Waals surface area (Å²) in [6.45, 7) is 2.31. The topological polar surface area (TPSA) is 112 Å². The van der Waals surface area contributed by atoms with E-state index in [1.165, 1.54) is 28.6 Å². The van der Waals surface area contributed by atoms with Crippen molar-refractivity contribution in [2.75, 3.05) is 45.9 Å². The van der Waals surface area contributed by atoms with E-state index in [1.54, 1.807) is 11.0 Å². The van der Waals surface area contributed by atoms with Crippen LogP contribution < -0.4 is 14.8 Å². The molecule has 2 aromatic carbocycles. The van der Waals surface area contributed by atoms with E-state index in [9.17, 15) is 13.2 Å². The molecular formula is C22H23ClN4O5S. The number of ether oxygens (including phenoxy) is 2. The van der Waals surface area contributed by atoms with Gasteiger partial charge in [0.1, 0.15) is 13.2 Å². The van der Waals surface area contributed by atoms with Crippen LogP contribution in [0.2, 0.25) is 5.02 Å². The van der Waals surface area contributed by atoms with Gasteiger partial charge in [0.05, 0.1) is 21.6 Å². The van der Waals surface area contributed by atoms with E-state index in [-0.39, 0.29) is 37.1 Å². The quantitative estimate of drug-likeness (QED) is 0.688. The van der Waals surface area contributed by atoms with E-state index < -0.39 is 10.0 Å². The monoisotopic (exact) mass is 490 g/mol. The van der Waals surface area contributed by atoms with E-state index in [2.05, 4.69) is 5.32 Å². The molecule has 2 aliphatic heterocycles. The highest BCUT2D eigenvalue weighted by atomic mass is 35.5. The van der Waals surface area contributed by atoms with Gasteiger partial charge in [0.2, 0.25) is 10.0 Å². The second-order valence-corrected chi connectivity index (χ2v) is 9.96. The Bertz CT molecular complexity index is 1170. The second kappa shape index (κ2) is 9.87. The second-order valence-electron chi connectivity index (χ2n) is 7.61. The molecule has 1 fully saturated rings. The lowest BCUT2D eigenvalue weighted by molar-refractivity contribution is 0.171. The first-order valence-corrected chi connectivity index (χ1v) is 12.3. The van der Waals surface area contributed by atoms with E-state index >= 15 is 0 Å². The summed E-state index contributed by atoms with van der Waals surface area (Å²) in [5.74, 6) is 1.15. The molecule has 2 aliphatic rings. The number of rotatable bonds is 5. The summed E-state index contributed by atoms with van der Waals surface area (Å²) >= 11 is 6.25. The lowest BCUT2D eigenvalue weighted by Gasteiger charge is -2.34. The SMILES string of the molecule is N#Cc1ccc(S(=O)(=O)N2CCN(C(=O)NCCc3cc(Cl)c4c(c3)OCCO4)CC2)cc1. The Kier molecular flexibility index (Phi) is 6.93.